The van der Waals surface area contributed by atoms with Crippen molar-refractivity contribution in [1.29, 1.82) is 0 Å². The van der Waals surface area contributed by atoms with Gasteiger partial charge in [-0.2, -0.15) is 4.98 Å². The Hall–Kier alpha value is -1.60. The van der Waals surface area contributed by atoms with Gasteiger partial charge in [0.25, 0.3) is 0 Å². The van der Waals surface area contributed by atoms with Gasteiger partial charge < -0.3 is 20.5 Å². The van der Waals surface area contributed by atoms with Crippen LogP contribution in [-0.2, 0) is 4.74 Å². The second kappa shape index (κ2) is 7.25. The molecule has 0 aromatic carbocycles. The highest BCUT2D eigenvalue weighted by atomic mass is 16.5. The zero-order valence-electron chi connectivity index (χ0n) is 12.2. The Morgan fingerprint density at radius 3 is 2.80 bits per heavy atom. The molecule has 0 atom stereocenters. The molecule has 2 rings (SSSR count). The molecule has 3 N–H and O–H groups in total. The minimum absolute atomic E-state index is 0.424. The topological polar surface area (TPSA) is 85.5 Å². The van der Waals surface area contributed by atoms with Crippen LogP contribution in [0.15, 0.2) is 0 Å². The summed E-state index contributed by atoms with van der Waals surface area (Å²) in [6.45, 7) is 7.40. The van der Waals surface area contributed by atoms with Crippen LogP contribution in [0.25, 0.3) is 0 Å². The zero-order chi connectivity index (χ0) is 14.4. The third kappa shape index (κ3) is 3.94. The molecule has 1 aliphatic rings. The van der Waals surface area contributed by atoms with Crippen LogP contribution in [0.5, 0.6) is 5.88 Å². The van der Waals surface area contributed by atoms with E-state index in [1.807, 2.05) is 6.92 Å². The Labute approximate surface area is 119 Å². The molecule has 0 bridgehead atoms. The molecule has 20 heavy (non-hydrogen) atoms. The van der Waals surface area contributed by atoms with E-state index in [1.54, 1.807) is 7.11 Å². The smallest absolute Gasteiger partial charge is 0.242 e. The second-order valence-electron chi connectivity index (χ2n) is 4.78. The van der Waals surface area contributed by atoms with Crippen molar-refractivity contribution < 1.29 is 9.47 Å². The number of nitrogens with one attached hydrogen (secondary N) is 1. The third-order valence-electron chi connectivity index (χ3n) is 3.26. The molecule has 112 valence electrons. The first kappa shape index (κ1) is 14.8. The van der Waals surface area contributed by atoms with E-state index in [1.165, 1.54) is 0 Å². The molecule has 0 unspecified atom stereocenters. The highest BCUT2D eigenvalue weighted by Crippen LogP contribution is 2.25. The molecule has 1 aliphatic heterocycles. The van der Waals surface area contributed by atoms with Crippen molar-refractivity contribution in [2.75, 3.05) is 57.6 Å². The van der Waals surface area contributed by atoms with Crippen molar-refractivity contribution in [2.45, 2.75) is 13.3 Å². The number of aryl methyl sites for hydroxylation is 1. The lowest BCUT2D eigenvalue weighted by molar-refractivity contribution is 0.0378. The molecule has 0 saturated carbocycles. The highest BCUT2D eigenvalue weighted by molar-refractivity contribution is 5.66. The summed E-state index contributed by atoms with van der Waals surface area (Å²) in [5, 5.41) is 3.25. The predicted molar refractivity (Wildman–Crippen MR) is 78.1 cm³/mol. The number of aromatic nitrogens is 2. The first-order valence-electron chi connectivity index (χ1n) is 6.93. The molecule has 1 saturated heterocycles. The Morgan fingerprint density at radius 1 is 1.35 bits per heavy atom. The fraction of sp³-hybridized carbons (Fsp3) is 0.692. The van der Waals surface area contributed by atoms with Crippen LogP contribution in [0.2, 0.25) is 0 Å². The number of anilines is 2. The van der Waals surface area contributed by atoms with Crippen LogP contribution >= 0.6 is 0 Å². The van der Waals surface area contributed by atoms with E-state index in [-0.39, 0.29) is 0 Å². The van der Waals surface area contributed by atoms with Crippen molar-refractivity contribution in [3.05, 3.63) is 5.82 Å². The van der Waals surface area contributed by atoms with Gasteiger partial charge in [-0.15, -0.1) is 0 Å². The Bertz CT molecular complexity index is 435. The molecule has 0 radical (unpaired) electrons. The Balaban J connectivity index is 1.80. The maximum absolute atomic E-state index is 5.95. The van der Waals surface area contributed by atoms with Gasteiger partial charge in [0.2, 0.25) is 5.88 Å². The normalized spacial score (nSPS) is 16.1. The van der Waals surface area contributed by atoms with Crippen LogP contribution in [-0.4, -0.2) is 61.4 Å². The van der Waals surface area contributed by atoms with Gasteiger partial charge in [-0.1, -0.05) is 0 Å². The van der Waals surface area contributed by atoms with Crippen molar-refractivity contribution >= 4 is 11.5 Å². The molecule has 2 heterocycles. The van der Waals surface area contributed by atoms with Crippen molar-refractivity contribution in [3.8, 4) is 5.88 Å². The fourth-order valence-corrected chi connectivity index (χ4v) is 2.18. The van der Waals surface area contributed by atoms with Gasteiger partial charge in [0.15, 0.2) is 5.82 Å². The van der Waals surface area contributed by atoms with E-state index >= 15 is 0 Å². The Kier molecular flexibility index (Phi) is 5.37. The standard InChI is InChI=1S/C13H23N5O2/c1-10-16-12(11(14)13(17-10)19-2)15-4-3-5-18-6-8-20-9-7-18/h3-9,14H2,1-2H3,(H,15,16,17). The van der Waals surface area contributed by atoms with E-state index in [9.17, 15) is 0 Å². The minimum Gasteiger partial charge on any atom is -0.479 e. The molecule has 1 fully saturated rings. The number of rotatable bonds is 6. The quantitative estimate of drug-likeness (QED) is 0.735. The molecular weight excluding hydrogens is 258 g/mol. The average molecular weight is 281 g/mol. The number of ether oxygens (including phenoxy) is 2. The Morgan fingerprint density at radius 2 is 2.10 bits per heavy atom. The first-order chi connectivity index (χ1) is 9.70. The number of nitrogens with two attached hydrogens (primary N) is 1. The average Bonchev–Trinajstić information content (AvgIpc) is 2.47. The number of hydrogen-bond acceptors (Lipinski definition) is 7. The summed E-state index contributed by atoms with van der Waals surface area (Å²) in [5.74, 6) is 1.72. The molecule has 0 amide bonds. The molecule has 1 aromatic heterocycles. The van der Waals surface area contributed by atoms with Gasteiger partial charge in [-0.05, 0) is 19.9 Å². The number of hydrogen-bond donors (Lipinski definition) is 2. The van der Waals surface area contributed by atoms with Crippen molar-refractivity contribution in [3.63, 3.8) is 0 Å². The second-order valence-corrected chi connectivity index (χ2v) is 4.78. The van der Waals surface area contributed by atoms with Gasteiger partial charge in [0.05, 0.1) is 20.3 Å². The fourth-order valence-electron chi connectivity index (χ4n) is 2.18. The number of nitrogen functional groups attached to an aromatic ring is 1. The molecule has 1 aromatic rings. The lowest BCUT2D eigenvalue weighted by atomic mass is 10.3. The van der Waals surface area contributed by atoms with E-state index in [4.69, 9.17) is 15.2 Å². The molecule has 0 spiro atoms. The molecule has 7 heteroatoms. The number of nitrogens with zero attached hydrogens (tertiary/aromatic N) is 3. The number of morpholine rings is 1. The van der Waals surface area contributed by atoms with E-state index in [0.717, 1.165) is 45.8 Å². The summed E-state index contributed by atoms with van der Waals surface area (Å²) in [5.41, 5.74) is 6.41. The summed E-state index contributed by atoms with van der Waals surface area (Å²) in [6.07, 6.45) is 1.03. The lowest BCUT2D eigenvalue weighted by Gasteiger charge is -2.26. The first-order valence-corrected chi connectivity index (χ1v) is 6.93. The van der Waals surface area contributed by atoms with Gasteiger partial charge in [-0.3, -0.25) is 4.90 Å². The predicted octanol–water partition coefficient (Wildman–Crippen LogP) is 0.510. The molecular formula is C13H23N5O2. The minimum atomic E-state index is 0.424. The maximum Gasteiger partial charge on any atom is 0.242 e. The van der Waals surface area contributed by atoms with Gasteiger partial charge in [0, 0.05) is 19.6 Å². The van der Waals surface area contributed by atoms with Crippen LogP contribution in [0, 0.1) is 6.92 Å². The summed E-state index contributed by atoms with van der Waals surface area (Å²) in [4.78, 5) is 10.8. The largest absolute Gasteiger partial charge is 0.479 e. The summed E-state index contributed by atoms with van der Waals surface area (Å²) in [7, 11) is 1.56. The zero-order valence-corrected chi connectivity index (χ0v) is 12.2. The monoisotopic (exact) mass is 281 g/mol. The van der Waals surface area contributed by atoms with Crippen LogP contribution in [0.3, 0.4) is 0 Å². The maximum atomic E-state index is 5.95. The van der Waals surface area contributed by atoms with Crippen LogP contribution in [0.4, 0.5) is 11.5 Å². The van der Waals surface area contributed by atoms with E-state index in [2.05, 4.69) is 20.2 Å². The molecule has 0 aliphatic carbocycles. The third-order valence-corrected chi connectivity index (χ3v) is 3.26. The van der Waals surface area contributed by atoms with Crippen molar-refractivity contribution in [1.82, 2.24) is 14.9 Å². The summed E-state index contributed by atoms with van der Waals surface area (Å²) < 4.78 is 10.5. The van der Waals surface area contributed by atoms with Gasteiger partial charge in [0.1, 0.15) is 11.5 Å². The lowest BCUT2D eigenvalue weighted by Crippen LogP contribution is -2.37. The van der Waals surface area contributed by atoms with Gasteiger partial charge >= 0.3 is 0 Å². The van der Waals surface area contributed by atoms with Crippen LogP contribution < -0.4 is 15.8 Å². The summed E-state index contributed by atoms with van der Waals surface area (Å²) >= 11 is 0. The highest BCUT2D eigenvalue weighted by Gasteiger charge is 2.11. The molecule has 7 nitrogen and oxygen atoms in total. The van der Waals surface area contributed by atoms with Crippen LogP contribution in [0.1, 0.15) is 12.2 Å². The van der Waals surface area contributed by atoms with Crippen molar-refractivity contribution in [2.24, 2.45) is 0 Å². The summed E-state index contributed by atoms with van der Waals surface area (Å²) in [6, 6.07) is 0. The van der Waals surface area contributed by atoms with Gasteiger partial charge in [-0.25, -0.2) is 4.98 Å². The SMILES string of the molecule is COc1nc(C)nc(NCCCN2CCOCC2)c1N. The number of methoxy groups -OCH3 is 1. The van der Waals surface area contributed by atoms with E-state index in [0.29, 0.717) is 23.2 Å². The van der Waals surface area contributed by atoms with E-state index < -0.39 is 0 Å².